The fourth-order valence-electron chi connectivity index (χ4n) is 2.49. The number of rotatable bonds is 3. The second-order valence-corrected chi connectivity index (χ2v) is 4.96. The number of nitrogens with zero attached hydrogens (tertiary/aromatic N) is 2. The van der Waals surface area contributed by atoms with Crippen molar-refractivity contribution in [3.05, 3.63) is 23.4 Å². The average molecular weight is 303 g/mol. The summed E-state index contributed by atoms with van der Waals surface area (Å²) in [4.78, 5) is 16.5. The Bertz CT molecular complexity index is 534. The predicted octanol–water partition coefficient (Wildman–Crippen LogP) is 1.55. The predicted molar refractivity (Wildman–Crippen MR) is 69.8 cm³/mol. The first-order valence-electron chi connectivity index (χ1n) is 6.60. The second kappa shape index (κ2) is 5.88. The van der Waals surface area contributed by atoms with Crippen molar-refractivity contribution in [2.45, 2.75) is 31.5 Å². The number of aromatic nitrogens is 1. The number of nitrogens with two attached hydrogens (primary N) is 1. The minimum absolute atomic E-state index is 0.0663. The molecule has 0 saturated carbocycles. The molecule has 2 heterocycles. The molecular weight excluding hydrogens is 287 g/mol. The number of alkyl halides is 3. The molecule has 1 unspecified atom stereocenters. The van der Waals surface area contributed by atoms with Crippen molar-refractivity contribution in [2.24, 2.45) is 5.73 Å². The largest absolute Gasteiger partial charge is 0.433 e. The Balaban J connectivity index is 2.49. The van der Waals surface area contributed by atoms with Crippen LogP contribution in [0.15, 0.2) is 12.1 Å². The average Bonchev–Trinajstić information content (AvgIpc) is 2.45. The highest BCUT2D eigenvalue weighted by molar-refractivity contribution is 5.97. The fraction of sp³-hybridized carbons (Fsp3) is 0.538. The van der Waals surface area contributed by atoms with Crippen molar-refractivity contribution in [1.29, 1.82) is 0 Å². The highest BCUT2D eigenvalue weighted by Crippen LogP contribution is 2.32. The van der Waals surface area contributed by atoms with E-state index < -0.39 is 17.8 Å². The van der Waals surface area contributed by atoms with Crippen molar-refractivity contribution >= 4 is 11.7 Å². The van der Waals surface area contributed by atoms with Gasteiger partial charge in [-0.1, -0.05) is 0 Å². The van der Waals surface area contributed by atoms with E-state index in [1.807, 2.05) is 0 Å². The zero-order valence-corrected chi connectivity index (χ0v) is 11.2. The molecule has 1 aromatic rings. The number of anilines is 1. The SMILES string of the molecule is NC(=O)c1ccc(C(F)(F)F)nc1N1CCCCC1CO. The molecule has 0 radical (unpaired) electrons. The number of amides is 1. The van der Waals surface area contributed by atoms with E-state index in [0.717, 1.165) is 25.0 Å². The Morgan fingerprint density at radius 1 is 1.43 bits per heavy atom. The molecule has 116 valence electrons. The number of aliphatic hydroxyl groups is 1. The molecule has 1 aliphatic heterocycles. The van der Waals surface area contributed by atoms with Crippen LogP contribution in [-0.2, 0) is 6.18 Å². The maximum Gasteiger partial charge on any atom is 0.433 e. The number of carbonyl (C=O) groups excluding carboxylic acids is 1. The number of primary amides is 1. The van der Waals surface area contributed by atoms with E-state index in [-0.39, 0.29) is 24.0 Å². The van der Waals surface area contributed by atoms with Crippen LogP contribution in [0.25, 0.3) is 0 Å². The third-order valence-corrected chi connectivity index (χ3v) is 3.54. The van der Waals surface area contributed by atoms with E-state index in [1.165, 1.54) is 0 Å². The normalized spacial score (nSPS) is 19.6. The topological polar surface area (TPSA) is 79.5 Å². The number of pyridine rings is 1. The van der Waals surface area contributed by atoms with Gasteiger partial charge in [-0.25, -0.2) is 4.98 Å². The zero-order chi connectivity index (χ0) is 15.6. The monoisotopic (exact) mass is 303 g/mol. The van der Waals surface area contributed by atoms with Crippen LogP contribution in [0.5, 0.6) is 0 Å². The standard InChI is InChI=1S/C13H16F3N3O2/c14-13(15,16)10-5-4-9(11(17)21)12(18-10)19-6-2-1-3-8(19)7-20/h4-5,8,20H,1-3,6-7H2,(H2,17,21). The third kappa shape index (κ3) is 3.26. The van der Waals surface area contributed by atoms with Gasteiger partial charge in [-0.05, 0) is 31.4 Å². The van der Waals surface area contributed by atoms with E-state index in [9.17, 15) is 23.1 Å². The van der Waals surface area contributed by atoms with E-state index in [0.29, 0.717) is 13.0 Å². The maximum atomic E-state index is 12.8. The first kappa shape index (κ1) is 15.6. The van der Waals surface area contributed by atoms with Crippen LogP contribution in [-0.4, -0.2) is 35.2 Å². The van der Waals surface area contributed by atoms with Crippen molar-refractivity contribution in [2.75, 3.05) is 18.1 Å². The van der Waals surface area contributed by atoms with Gasteiger partial charge in [0.15, 0.2) is 0 Å². The molecule has 5 nitrogen and oxygen atoms in total. The summed E-state index contributed by atoms with van der Waals surface area (Å²) in [5.74, 6) is -0.940. The van der Waals surface area contributed by atoms with Gasteiger partial charge >= 0.3 is 6.18 Å². The molecule has 21 heavy (non-hydrogen) atoms. The second-order valence-electron chi connectivity index (χ2n) is 4.96. The molecule has 2 rings (SSSR count). The summed E-state index contributed by atoms with van der Waals surface area (Å²) in [6.07, 6.45) is -2.35. The van der Waals surface area contributed by atoms with Gasteiger partial charge < -0.3 is 15.7 Å². The first-order valence-corrected chi connectivity index (χ1v) is 6.60. The van der Waals surface area contributed by atoms with Crippen molar-refractivity contribution < 1.29 is 23.1 Å². The Morgan fingerprint density at radius 3 is 2.71 bits per heavy atom. The maximum absolute atomic E-state index is 12.8. The number of halogens is 3. The van der Waals surface area contributed by atoms with Gasteiger partial charge in [-0.3, -0.25) is 4.79 Å². The highest BCUT2D eigenvalue weighted by Gasteiger charge is 2.35. The first-order chi connectivity index (χ1) is 9.84. The molecule has 1 aliphatic rings. The molecule has 8 heteroatoms. The number of hydrogen-bond donors (Lipinski definition) is 2. The van der Waals surface area contributed by atoms with E-state index in [2.05, 4.69) is 4.98 Å². The molecule has 1 atom stereocenters. The van der Waals surface area contributed by atoms with E-state index >= 15 is 0 Å². The quantitative estimate of drug-likeness (QED) is 0.888. The summed E-state index contributed by atoms with van der Waals surface area (Å²) in [6.45, 7) is 0.218. The van der Waals surface area contributed by atoms with Crippen LogP contribution in [0, 0.1) is 0 Å². The van der Waals surface area contributed by atoms with Crippen LogP contribution in [0.4, 0.5) is 19.0 Å². The summed E-state index contributed by atoms with van der Waals surface area (Å²) in [6, 6.07) is 1.42. The molecule has 1 saturated heterocycles. The van der Waals surface area contributed by atoms with Gasteiger partial charge in [0.05, 0.1) is 18.2 Å². The van der Waals surface area contributed by atoms with Gasteiger partial charge in [0.1, 0.15) is 11.5 Å². The number of hydrogen-bond acceptors (Lipinski definition) is 4. The molecule has 0 aliphatic carbocycles. The minimum atomic E-state index is -4.60. The van der Waals surface area contributed by atoms with E-state index in [4.69, 9.17) is 5.73 Å². The smallest absolute Gasteiger partial charge is 0.394 e. The summed E-state index contributed by atoms with van der Waals surface area (Å²) in [7, 11) is 0. The zero-order valence-electron chi connectivity index (χ0n) is 11.2. The number of carbonyl (C=O) groups is 1. The molecule has 0 spiro atoms. The molecule has 1 fully saturated rings. The van der Waals surface area contributed by atoms with Crippen LogP contribution in [0.1, 0.15) is 35.3 Å². The number of aliphatic hydroxyl groups excluding tert-OH is 1. The third-order valence-electron chi connectivity index (χ3n) is 3.54. The lowest BCUT2D eigenvalue weighted by atomic mass is 10.0. The lowest BCUT2D eigenvalue weighted by Gasteiger charge is -2.36. The van der Waals surface area contributed by atoms with Gasteiger partial charge in [-0.2, -0.15) is 13.2 Å². The van der Waals surface area contributed by atoms with E-state index in [1.54, 1.807) is 4.90 Å². The molecule has 1 amide bonds. The fourth-order valence-corrected chi connectivity index (χ4v) is 2.49. The van der Waals surface area contributed by atoms with Gasteiger partial charge in [0.2, 0.25) is 0 Å². The molecule has 0 aromatic carbocycles. The summed E-state index contributed by atoms with van der Waals surface area (Å²) < 4.78 is 38.4. The number of piperidine rings is 1. The van der Waals surface area contributed by atoms with Gasteiger partial charge in [0.25, 0.3) is 5.91 Å². The van der Waals surface area contributed by atoms with Crippen molar-refractivity contribution in [1.82, 2.24) is 4.98 Å². The van der Waals surface area contributed by atoms with Crippen molar-refractivity contribution in [3.8, 4) is 0 Å². The van der Waals surface area contributed by atoms with Gasteiger partial charge in [0, 0.05) is 6.54 Å². The molecular formula is C13H16F3N3O2. The Hall–Kier alpha value is -1.83. The summed E-state index contributed by atoms with van der Waals surface area (Å²) in [5.41, 5.74) is 4.07. The lowest BCUT2D eigenvalue weighted by molar-refractivity contribution is -0.141. The Labute approximate surface area is 119 Å². The Kier molecular flexibility index (Phi) is 4.36. The summed E-state index contributed by atoms with van der Waals surface area (Å²) in [5, 5.41) is 9.37. The minimum Gasteiger partial charge on any atom is -0.394 e. The molecule has 3 N–H and O–H groups in total. The van der Waals surface area contributed by atoms with Crippen molar-refractivity contribution in [3.63, 3.8) is 0 Å². The lowest BCUT2D eigenvalue weighted by Crippen LogP contribution is -2.43. The van der Waals surface area contributed by atoms with Crippen LogP contribution in [0.3, 0.4) is 0 Å². The van der Waals surface area contributed by atoms with Gasteiger partial charge in [-0.15, -0.1) is 0 Å². The van der Waals surface area contributed by atoms with Crippen LogP contribution < -0.4 is 10.6 Å². The Morgan fingerprint density at radius 2 is 2.14 bits per heavy atom. The molecule has 1 aromatic heterocycles. The van der Waals surface area contributed by atoms with Crippen LogP contribution in [0.2, 0.25) is 0 Å². The molecule has 0 bridgehead atoms. The van der Waals surface area contributed by atoms with Crippen LogP contribution >= 0.6 is 0 Å². The summed E-state index contributed by atoms with van der Waals surface area (Å²) >= 11 is 0. The highest BCUT2D eigenvalue weighted by atomic mass is 19.4.